The second kappa shape index (κ2) is 10.2. The lowest BCUT2D eigenvalue weighted by molar-refractivity contribution is 0.418. The number of hydrogen-bond acceptors (Lipinski definition) is 2. The molecule has 0 spiro atoms. The Kier molecular flexibility index (Phi) is 9.72. The van der Waals surface area contributed by atoms with Gasteiger partial charge in [0.25, 0.3) is 0 Å². The standard InChI is InChI=1S/C12H20N2.2C2H6/c1-9-4-3-5-11-8-13-14-10(2)12(11)7-6-9;2*1-2/h8-9,11,14H,3-7H2,1-2H3;2*1-2H3. The van der Waals surface area contributed by atoms with Gasteiger partial charge in [-0.15, -0.1) is 0 Å². The maximum absolute atomic E-state index is 4.20. The van der Waals surface area contributed by atoms with E-state index in [9.17, 15) is 0 Å². The highest BCUT2D eigenvalue weighted by molar-refractivity contribution is 5.66. The molecule has 1 aliphatic carbocycles. The van der Waals surface area contributed by atoms with Gasteiger partial charge in [0.1, 0.15) is 0 Å². The van der Waals surface area contributed by atoms with E-state index in [4.69, 9.17) is 0 Å². The monoisotopic (exact) mass is 252 g/mol. The van der Waals surface area contributed by atoms with Gasteiger partial charge in [0.05, 0.1) is 0 Å². The lowest BCUT2D eigenvalue weighted by Gasteiger charge is -2.27. The van der Waals surface area contributed by atoms with E-state index in [1.165, 1.54) is 37.8 Å². The van der Waals surface area contributed by atoms with Crippen molar-refractivity contribution < 1.29 is 0 Å². The second-order valence-electron chi connectivity index (χ2n) is 4.72. The van der Waals surface area contributed by atoms with Crippen LogP contribution in [0.1, 0.15) is 73.6 Å². The Morgan fingerprint density at radius 1 is 1.11 bits per heavy atom. The van der Waals surface area contributed by atoms with Crippen LogP contribution >= 0.6 is 0 Å². The van der Waals surface area contributed by atoms with E-state index in [-0.39, 0.29) is 0 Å². The molecule has 1 heterocycles. The Labute approximate surface area is 114 Å². The van der Waals surface area contributed by atoms with Crippen LogP contribution in [0.4, 0.5) is 0 Å². The van der Waals surface area contributed by atoms with Gasteiger partial charge in [0.15, 0.2) is 0 Å². The van der Waals surface area contributed by atoms with Crippen molar-refractivity contribution in [3.8, 4) is 0 Å². The summed E-state index contributed by atoms with van der Waals surface area (Å²) in [7, 11) is 0. The van der Waals surface area contributed by atoms with E-state index in [0.717, 1.165) is 5.92 Å². The first-order chi connectivity index (χ1) is 8.77. The predicted molar refractivity (Wildman–Crippen MR) is 82.8 cm³/mol. The van der Waals surface area contributed by atoms with Gasteiger partial charge in [-0.1, -0.05) is 47.5 Å². The lowest BCUT2D eigenvalue weighted by atomic mass is 9.82. The zero-order valence-electron chi connectivity index (χ0n) is 13.2. The van der Waals surface area contributed by atoms with E-state index in [0.29, 0.717) is 5.92 Å². The molecule has 0 amide bonds. The minimum absolute atomic E-state index is 0.628. The molecule has 2 heteroatoms. The van der Waals surface area contributed by atoms with Crippen LogP contribution in [-0.2, 0) is 0 Å². The molecule has 2 unspecified atom stereocenters. The van der Waals surface area contributed by atoms with Crippen LogP contribution < -0.4 is 5.43 Å². The predicted octanol–water partition coefficient (Wildman–Crippen LogP) is 5.12. The Bertz CT molecular complexity index is 266. The van der Waals surface area contributed by atoms with Gasteiger partial charge in [-0.2, -0.15) is 5.10 Å². The third-order valence-electron chi connectivity index (χ3n) is 3.53. The Balaban J connectivity index is 0.000000659. The first-order valence-corrected chi connectivity index (χ1v) is 7.76. The van der Waals surface area contributed by atoms with Crippen molar-refractivity contribution in [2.45, 2.75) is 73.6 Å². The molecular formula is C16H32N2. The molecule has 1 N–H and O–H groups in total. The summed E-state index contributed by atoms with van der Waals surface area (Å²) < 4.78 is 0. The molecule has 0 aromatic heterocycles. The summed E-state index contributed by atoms with van der Waals surface area (Å²) in [5.74, 6) is 1.53. The van der Waals surface area contributed by atoms with Gasteiger partial charge in [-0.3, -0.25) is 5.43 Å². The molecule has 2 aliphatic rings. The molecule has 2 nitrogen and oxygen atoms in total. The van der Waals surface area contributed by atoms with E-state index in [1.54, 1.807) is 5.57 Å². The summed E-state index contributed by atoms with van der Waals surface area (Å²) in [4.78, 5) is 0. The number of hydrogen-bond donors (Lipinski definition) is 1. The zero-order valence-corrected chi connectivity index (χ0v) is 13.2. The van der Waals surface area contributed by atoms with Crippen LogP contribution in [0.15, 0.2) is 16.4 Å². The van der Waals surface area contributed by atoms with E-state index in [1.807, 2.05) is 27.7 Å². The maximum atomic E-state index is 4.20. The van der Waals surface area contributed by atoms with Crippen molar-refractivity contribution in [2.24, 2.45) is 16.9 Å². The zero-order chi connectivity index (χ0) is 14.0. The number of allylic oxidation sites excluding steroid dienone is 2. The van der Waals surface area contributed by atoms with Crippen LogP contribution in [0.3, 0.4) is 0 Å². The third-order valence-corrected chi connectivity index (χ3v) is 3.53. The molecule has 0 bridgehead atoms. The Hall–Kier alpha value is -0.790. The quantitative estimate of drug-likeness (QED) is 0.636. The third kappa shape index (κ3) is 5.24. The smallest absolute Gasteiger partial charge is 0.0319 e. The number of hydrazone groups is 1. The summed E-state index contributed by atoms with van der Waals surface area (Å²) in [6.45, 7) is 12.5. The number of fused-ring (bicyclic) bond motifs is 1. The van der Waals surface area contributed by atoms with Crippen LogP contribution in [0.25, 0.3) is 0 Å². The van der Waals surface area contributed by atoms with Crippen molar-refractivity contribution >= 4 is 6.21 Å². The second-order valence-corrected chi connectivity index (χ2v) is 4.72. The molecular weight excluding hydrogens is 220 g/mol. The number of rotatable bonds is 0. The largest absolute Gasteiger partial charge is 0.283 e. The van der Waals surface area contributed by atoms with Gasteiger partial charge >= 0.3 is 0 Å². The summed E-state index contributed by atoms with van der Waals surface area (Å²) in [5, 5.41) is 4.20. The van der Waals surface area contributed by atoms with Crippen molar-refractivity contribution in [1.82, 2.24) is 5.43 Å². The normalized spacial score (nSPS) is 26.3. The molecule has 1 aliphatic heterocycles. The highest BCUT2D eigenvalue weighted by Gasteiger charge is 2.21. The van der Waals surface area contributed by atoms with Crippen LogP contribution in [0.5, 0.6) is 0 Å². The minimum Gasteiger partial charge on any atom is -0.283 e. The number of nitrogens with one attached hydrogen (secondary N) is 1. The van der Waals surface area contributed by atoms with E-state index in [2.05, 4.69) is 30.6 Å². The fourth-order valence-corrected chi connectivity index (χ4v) is 2.52. The van der Waals surface area contributed by atoms with E-state index < -0.39 is 0 Å². The molecule has 0 aromatic rings. The first kappa shape index (κ1) is 17.2. The van der Waals surface area contributed by atoms with Gasteiger partial charge in [0, 0.05) is 17.8 Å². The Morgan fingerprint density at radius 3 is 2.44 bits per heavy atom. The fourth-order valence-electron chi connectivity index (χ4n) is 2.52. The molecule has 2 rings (SSSR count). The van der Waals surface area contributed by atoms with Crippen LogP contribution in [0, 0.1) is 11.8 Å². The highest BCUT2D eigenvalue weighted by Crippen LogP contribution is 2.31. The topological polar surface area (TPSA) is 24.4 Å². The van der Waals surface area contributed by atoms with E-state index >= 15 is 0 Å². The SMILES string of the molecule is CC.CC.CC1=C2CCC(C)CCCC2C=NN1. The molecule has 1 saturated carbocycles. The molecule has 2 atom stereocenters. The average Bonchev–Trinajstić information content (AvgIpc) is 2.40. The summed E-state index contributed by atoms with van der Waals surface area (Å²) in [6, 6.07) is 0. The van der Waals surface area contributed by atoms with Gasteiger partial charge in [-0.25, -0.2) is 0 Å². The number of nitrogens with zero attached hydrogens (tertiary/aromatic N) is 1. The molecule has 0 saturated heterocycles. The van der Waals surface area contributed by atoms with Crippen molar-refractivity contribution in [2.75, 3.05) is 0 Å². The molecule has 18 heavy (non-hydrogen) atoms. The van der Waals surface area contributed by atoms with Crippen LogP contribution in [-0.4, -0.2) is 6.21 Å². The molecule has 1 fully saturated rings. The van der Waals surface area contributed by atoms with Crippen molar-refractivity contribution in [1.29, 1.82) is 0 Å². The maximum Gasteiger partial charge on any atom is 0.0319 e. The molecule has 0 aromatic carbocycles. The summed E-state index contributed by atoms with van der Waals surface area (Å²) in [5.41, 5.74) is 5.99. The molecule has 106 valence electrons. The lowest BCUT2D eigenvalue weighted by Crippen LogP contribution is -2.22. The van der Waals surface area contributed by atoms with Gasteiger partial charge in [-0.05, 0) is 37.7 Å². The highest BCUT2D eigenvalue weighted by atomic mass is 15.3. The van der Waals surface area contributed by atoms with Crippen LogP contribution in [0.2, 0.25) is 0 Å². The van der Waals surface area contributed by atoms with Gasteiger partial charge in [0.2, 0.25) is 0 Å². The molecule has 0 radical (unpaired) electrons. The van der Waals surface area contributed by atoms with Gasteiger partial charge < -0.3 is 0 Å². The average molecular weight is 252 g/mol. The Morgan fingerprint density at radius 2 is 1.78 bits per heavy atom. The summed E-state index contributed by atoms with van der Waals surface area (Å²) in [6.07, 6.45) is 8.74. The first-order valence-electron chi connectivity index (χ1n) is 7.76. The fraction of sp³-hybridized carbons (Fsp3) is 0.812. The minimum atomic E-state index is 0.628. The summed E-state index contributed by atoms with van der Waals surface area (Å²) >= 11 is 0. The van der Waals surface area contributed by atoms with Crippen molar-refractivity contribution in [3.05, 3.63) is 11.3 Å². The van der Waals surface area contributed by atoms with Crippen molar-refractivity contribution in [3.63, 3.8) is 0 Å².